The first-order valence-corrected chi connectivity index (χ1v) is 21.6. The number of phenolic OH excluding ortho intramolecular Hbond substituents is 2. The molecule has 4 aromatic rings. The summed E-state index contributed by atoms with van der Waals surface area (Å²) in [6.07, 6.45) is 5.14. The van der Waals surface area contributed by atoms with Gasteiger partial charge in [-0.25, -0.2) is 0 Å². The zero-order valence-electron chi connectivity index (χ0n) is 33.7. The highest BCUT2D eigenvalue weighted by atomic mass is 35.5. The van der Waals surface area contributed by atoms with Crippen LogP contribution in [0, 0.1) is 5.92 Å². The van der Waals surface area contributed by atoms with Crippen molar-refractivity contribution in [2.75, 3.05) is 51.8 Å². The number of hydrogen-bond acceptors (Lipinski definition) is 9. The Labute approximate surface area is 355 Å². The van der Waals surface area contributed by atoms with Crippen molar-refractivity contribution in [1.29, 1.82) is 0 Å². The number of nitrogens with one attached hydrogen (secondary N) is 1. The molecule has 312 valence electrons. The fraction of sp³-hybridized carbons (Fsp3) is 0.375. The number of amides is 4. The summed E-state index contributed by atoms with van der Waals surface area (Å²) in [5, 5.41) is 22.2. The summed E-state index contributed by atoms with van der Waals surface area (Å²) < 4.78 is 6.23. The number of carbonyl (C=O) groups excluding carboxylic acids is 4. The molecule has 0 spiro atoms. The SMILES string of the molecule is O=C1CCC(N2C(=O)c3ccc(C4CCN(CC5CCN(CCOc6ccc(C(=C(CCCl)c7ccc(O)cc7)c7ccc(O)cc7)cc6)CC5)CC4)cc3C2=O)C(=O)N1. The lowest BCUT2D eigenvalue weighted by atomic mass is 9.87. The number of nitrogens with zero attached hydrogens (tertiary/aromatic N) is 3. The van der Waals surface area contributed by atoms with Gasteiger partial charge in [-0.05, 0) is 158 Å². The average molecular weight is 831 g/mol. The normalized spacial score (nSPS) is 19.9. The maximum atomic E-state index is 13.4. The molecule has 3 N–H and O–H groups in total. The minimum absolute atomic E-state index is 0.103. The number of piperidine rings is 3. The molecule has 1 unspecified atom stereocenters. The number of aromatic hydroxyl groups is 2. The van der Waals surface area contributed by atoms with Gasteiger partial charge in [-0.1, -0.05) is 42.5 Å². The van der Waals surface area contributed by atoms with Gasteiger partial charge in [0.15, 0.2) is 0 Å². The van der Waals surface area contributed by atoms with Gasteiger partial charge in [-0.3, -0.25) is 34.3 Å². The number of halogens is 1. The van der Waals surface area contributed by atoms with Crippen LogP contribution < -0.4 is 10.1 Å². The van der Waals surface area contributed by atoms with Crippen LogP contribution in [0.15, 0.2) is 91.0 Å². The Balaban J connectivity index is 0.796. The smallest absolute Gasteiger partial charge is 0.262 e. The quantitative estimate of drug-likeness (QED) is 0.0735. The molecule has 0 aliphatic carbocycles. The van der Waals surface area contributed by atoms with E-state index in [4.69, 9.17) is 16.3 Å². The molecular weight excluding hydrogens is 780 g/mol. The summed E-state index contributed by atoms with van der Waals surface area (Å²) >= 11 is 6.31. The Bertz CT molecular complexity index is 2240. The van der Waals surface area contributed by atoms with E-state index in [9.17, 15) is 29.4 Å². The molecule has 12 heteroatoms. The van der Waals surface area contributed by atoms with Crippen molar-refractivity contribution in [1.82, 2.24) is 20.0 Å². The Hall–Kier alpha value is -5.49. The molecule has 8 rings (SSSR count). The second-order valence-corrected chi connectivity index (χ2v) is 16.7. The van der Waals surface area contributed by atoms with Crippen molar-refractivity contribution in [3.63, 3.8) is 0 Å². The second-order valence-electron chi connectivity index (χ2n) is 16.4. The van der Waals surface area contributed by atoms with Crippen LogP contribution in [0.3, 0.4) is 0 Å². The fourth-order valence-corrected chi connectivity index (χ4v) is 9.46. The number of ether oxygens (including phenoxy) is 1. The number of hydrogen-bond donors (Lipinski definition) is 3. The first-order valence-electron chi connectivity index (χ1n) is 21.1. The van der Waals surface area contributed by atoms with E-state index in [1.807, 2.05) is 48.5 Å². The average Bonchev–Trinajstić information content (AvgIpc) is 3.50. The maximum absolute atomic E-state index is 13.4. The van der Waals surface area contributed by atoms with E-state index in [-0.39, 0.29) is 30.2 Å². The highest BCUT2D eigenvalue weighted by molar-refractivity contribution is 6.23. The molecule has 4 aliphatic heterocycles. The number of allylic oxidation sites excluding steroid dienone is 1. The van der Waals surface area contributed by atoms with Gasteiger partial charge in [0.25, 0.3) is 11.8 Å². The van der Waals surface area contributed by atoms with Gasteiger partial charge in [0.05, 0.1) is 11.1 Å². The van der Waals surface area contributed by atoms with Crippen LogP contribution in [0.4, 0.5) is 0 Å². The first-order chi connectivity index (χ1) is 29.1. The molecule has 11 nitrogen and oxygen atoms in total. The first kappa shape index (κ1) is 41.3. The number of likely N-dealkylation sites (tertiary alicyclic amines) is 2. The highest BCUT2D eigenvalue weighted by Crippen LogP contribution is 2.37. The van der Waals surface area contributed by atoms with Crippen LogP contribution >= 0.6 is 11.6 Å². The number of benzene rings is 4. The van der Waals surface area contributed by atoms with Crippen molar-refractivity contribution in [3.05, 3.63) is 124 Å². The number of fused-ring (bicyclic) bond motifs is 1. The third-order valence-corrected chi connectivity index (χ3v) is 12.8. The zero-order valence-corrected chi connectivity index (χ0v) is 34.4. The van der Waals surface area contributed by atoms with E-state index in [1.54, 1.807) is 30.3 Å². The molecule has 4 heterocycles. The van der Waals surface area contributed by atoms with Crippen LogP contribution in [-0.2, 0) is 9.59 Å². The predicted molar refractivity (Wildman–Crippen MR) is 230 cm³/mol. The number of imide groups is 2. The summed E-state index contributed by atoms with van der Waals surface area (Å²) in [5.41, 5.74) is 6.73. The van der Waals surface area contributed by atoms with Gasteiger partial charge in [-0.15, -0.1) is 11.6 Å². The number of phenols is 2. The summed E-state index contributed by atoms with van der Waals surface area (Å²) in [4.78, 5) is 56.7. The van der Waals surface area contributed by atoms with E-state index in [0.29, 0.717) is 41.9 Å². The van der Waals surface area contributed by atoms with Crippen LogP contribution in [-0.4, -0.2) is 106 Å². The van der Waals surface area contributed by atoms with Crippen LogP contribution in [0.1, 0.15) is 93.8 Å². The van der Waals surface area contributed by atoms with Gasteiger partial charge in [0.2, 0.25) is 11.8 Å². The molecule has 1 atom stereocenters. The molecule has 4 amide bonds. The van der Waals surface area contributed by atoms with Crippen molar-refractivity contribution in [2.45, 2.75) is 56.9 Å². The second kappa shape index (κ2) is 18.4. The van der Waals surface area contributed by atoms with Gasteiger partial charge in [-0.2, -0.15) is 0 Å². The number of carbonyl (C=O) groups is 4. The van der Waals surface area contributed by atoms with E-state index >= 15 is 0 Å². The van der Waals surface area contributed by atoms with Crippen molar-refractivity contribution in [3.8, 4) is 17.2 Å². The summed E-state index contributed by atoms with van der Waals surface area (Å²) in [7, 11) is 0. The van der Waals surface area contributed by atoms with Crippen LogP contribution in [0.25, 0.3) is 11.1 Å². The molecule has 0 bridgehead atoms. The monoisotopic (exact) mass is 830 g/mol. The van der Waals surface area contributed by atoms with Gasteiger partial charge < -0.3 is 19.8 Å². The van der Waals surface area contributed by atoms with Gasteiger partial charge >= 0.3 is 0 Å². The largest absolute Gasteiger partial charge is 0.508 e. The number of rotatable bonds is 13. The van der Waals surface area contributed by atoms with Crippen molar-refractivity contribution < 1.29 is 34.1 Å². The maximum Gasteiger partial charge on any atom is 0.262 e. The molecule has 4 aromatic carbocycles. The Morgan fingerprint density at radius 3 is 1.93 bits per heavy atom. The van der Waals surface area contributed by atoms with Crippen molar-refractivity contribution >= 4 is 46.4 Å². The van der Waals surface area contributed by atoms with Crippen molar-refractivity contribution in [2.24, 2.45) is 5.92 Å². The van der Waals surface area contributed by atoms with Gasteiger partial charge in [0.1, 0.15) is 29.9 Å². The Morgan fingerprint density at radius 1 is 0.700 bits per heavy atom. The molecule has 0 aromatic heterocycles. The third-order valence-electron chi connectivity index (χ3n) is 12.6. The zero-order chi connectivity index (χ0) is 41.8. The molecular formula is C48H51ClN4O7. The van der Waals surface area contributed by atoms with E-state index < -0.39 is 23.8 Å². The lowest BCUT2D eigenvalue weighted by Crippen LogP contribution is -2.54. The third kappa shape index (κ3) is 9.13. The summed E-state index contributed by atoms with van der Waals surface area (Å²) in [5.74, 6) is 0.690. The molecule has 0 radical (unpaired) electrons. The standard InChI is InChI=1S/C48H51ClN4O7/c49-22-17-40(33-1-8-37(54)9-2-33)45(34-3-10-38(55)11-4-34)35-5-12-39(13-6-35)60-28-27-51-23-18-31(19-24-51)30-52-25-20-32(21-26-52)36-7-14-41-42(29-36)48(59)53(47(41)58)43-15-16-44(56)50-46(43)57/h1-14,29,31-32,43,54-55H,15-28,30H2,(H,50,56,57). The van der Waals surface area contributed by atoms with Crippen LogP contribution in [0.2, 0.25) is 0 Å². The van der Waals surface area contributed by atoms with E-state index in [1.165, 1.54) is 0 Å². The molecule has 3 fully saturated rings. The molecule has 3 saturated heterocycles. The molecule has 0 saturated carbocycles. The van der Waals surface area contributed by atoms with Crippen LogP contribution in [0.5, 0.6) is 17.2 Å². The minimum atomic E-state index is -0.956. The fourth-order valence-electron chi connectivity index (χ4n) is 9.27. The van der Waals surface area contributed by atoms with E-state index in [2.05, 4.69) is 27.2 Å². The lowest BCUT2D eigenvalue weighted by Gasteiger charge is -2.37. The minimum Gasteiger partial charge on any atom is -0.508 e. The summed E-state index contributed by atoms with van der Waals surface area (Å²) in [6, 6.07) is 27.1. The van der Waals surface area contributed by atoms with E-state index in [0.717, 1.165) is 109 Å². The Morgan fingerprint density at radius 2 is 1.30 bits per heavy atom. The summed E-state index contributed by atoms with van der Waals surface area (Å²) in [6.45, 7) is 6.61. The topological polar surface area (TPSA) is 140 Å². The molecule has 60 heavy (non-hydrogen) atoms. The molecule has 4 aliphatic rings. The number of alkyl halides is 1. The van der Waals surface area contributed by atoms with Gasteiger partial charge in [0, 0.05) is 25.4 Å². The highest BCUT2D eigenvalue weighted by Gasteiger charge is 2.45. The predicted octanol–water partition coefficient (Wildman–Crippen LogP) is 7.06. The Kier molecular flexibility index (Phi) is 12.7. The lowest BCUT2D eigenvalue weighted by molar-refractivity contribution is -0.136.